The summed E-state index contributed by atoms with van der Waals surface area (Å²) in [6, 6.07) is 8.59. The van der Waals surface area contributed by atoms with Gasteiger partial charge in [-0.2, -0.15) is 0 Å². The molecule has 0 saturated carbocycles. The molecule has 0 aromatic heterocycles. The van der Waals surface area contributed by atoms with Gasteiger partial charge in [0.1, 0.15) is 0 Å². The van der Waals surface area contributed by atoms with Crippen LogP contribution in [-0.4, -0.2) is 30.4 Å². The summed E-state index contributed by atoms with van der Waals surface area (Å²) in [5.41, 5.74) is 7.93. The van der Waals surface area contributed by atoms with E-state index in [1.807, 2.05) is 13.8 Å². The molecule has 4 heteroatoms. The van der Waals surface area contributed by atoms with E-state index in [2.05, 4.69) is 41.4 Å². The molecule has 0 bridgehead atoms. The number of likely N-dealkylation sites (tertiary alicyclic amines) is 1. The normalized spacial score (nSPS) is 16.8. The fraction of sp³-hybridized carbons (Fsp3) is 0.667. The SMILES string of the molecule is CCC(CC)(CN)C(=O)NCc1cccc(CN2CCC(C)CC2)c1. The summed E-state index contributed by atoms with van der Waals surface area (Å²) < 4.78 is 0. The second kappa shape index (κ2) is 9.35. The van der Waals surface area contributed by atoms with E-state index in [-0.39, 0.29) is 5.91 Å². The van der Waals surface area contributed by atoms with Crippen molar-refractivity contribution >= 4 is 5.91 Å². The van der Waals surface area contributed by atoms with E-state index in [9.17, 15) is 4.79 Å². The third-order valence-corrected chi connectivity index (χ3v) is 5.95. The first-order valence-corrected chi connectivity index (χ1v) is 9.81. The number of hydrogen-bond acceptors (Lipinski definition) is 3. The molecule has 1 saturated heterocycles. The van der Waals surface area contributed by atoms with Gasteiger partial charge < -0.3 is 11.1 Å². The molecule has 0 atom stereocenters. The third kappa shape index (κ3) is 5.29. The molecular formula is C21H35N3O. The van der Waals surface area contributed by atoms with Crippen molar-refractivity contribution in [2.45, 2.75) is 59.5 Å². The minimum absolute atomic E-state index is 0.0791. The summed E-state index contributed by atoms with van der Waals surface area (Å²) in [6.45, 7) is 10.8. The van der Waals surface area contributed by atoms with Crippen LogP contribution in [0.2, 0.25) is 0 Å². The Morgan fingerprint density at radius 3 is 2.48 bits per heavy atom. The van der Waals surface area contributed by atoms with Gasteiger partial charge in [-0.25, -0.2) is 0 Å². The Bertz CT molecular complexity index is 538. The van der Waals surface area contributed by atoms with Crippen molar-refractivity contribution in [1.82, 2.24) is 10.2 Å². The predicted molar refractivity (Wildman–Crippen MR) is 104 cm³/mol. The van der Waals surface area contributed by atoms with Crippen LogP contribution in [0.25, 0.3) is 0 Å². The van der Waals surface area contributed by atoms with Gasteiger partial charge in [0, 0.05) is 19.6 Å². The molecule has 1 aliphatic heterocycles. The van der Waals surface area contributed by atoms with Gasteiger partial charge in [-0.05, 0) is 55.8 Å². The maximum atomic E-state index is 12.6. The highest BCUT2D eigenvalue weighted by Crippen LogP contribution is 2.25. The monoisotopic (exact) mass is 345 g/mol. The average molecular weight is 346 g/mol. The van der Waals surface area contributed by atoms with E-state index in [1.165, 1.54) is 31.5 Å². The number of hydrogen-bond donors (Lipinski definition) is 2. The minimum Gasteiger partial charge on any atom is -0.352 e. The van der Waals surface area contributed by atoms with E-state index >= 15 is 0 Å². The van der Waals surface area contributed by atoms with Gasteiger partial charge in [-0.3, -0.25) is 9.69 Å². The molecule has 0 unspecified atom stereocenters. The van der Waals surface area contributed by atoms with Gasteiger partial charge >= 0.3 is 0 Å². The highest BCUT2D eigenvalue weighted by Gasteiger charge is 2.32. The lowest BCUT2D eigenvalue weighted by Crippen LogP contribution is -2.45. The highest BCUT2D eigenvalue weighted by atomic mass is 16.2. The number of amides is 1. The first-order chi connectivity index (χ1) is 12.0. The molecular weight excluding hydrogens is 310 g/mol. The molecule has 0 spiro atoms. The second-order valence-corrected chi connectivity index (χ2v) is 7.65. The van der Waals surface area contributed by atoms with Gasteiger partial charge in [-0.1, -0.05) is 45.0 Å². The molecule has 1 aromatic rings. The summed E-state index contributed by atoms with van der Waals surface area (Å²) in [4.78, 5) is 15.1. The zero-order chi connectivity index (χ0) is 18.3. The van der Waals surface area contributed by atoms with Crippen LogP contribution in [-0.2, 0) is 17.9 Å². The van der Waals surface area contributed by atoms with Crippen molar-refractivity contribution in [2.75, 3.05) is 19.6 Å². The Hall–Kier alpha value is -1.39. The van der Waals surface area contributed by atoms with Crippen LogP contribution in [0.5, 0.6) is 0 Å². The summed E-state index contributed by atoms with van der Waals surface area (Å²) in [7, 11) is 0. The highest BCUT2D eigenvalue weighted by molar-refractivity contribution is 5.82. The molecule has 140 valence electrons. The number of nitrogens with zero attached hydrogens (tertiary/aromatic N) is 1. The maximum absolute atomic E-state index is 12.6. The molecule has 1 fully saturated rings. The van der Waals surface area contributed by atoms with E-state index < -0.39 is 5.41 Å². The zero-order valence-corrected chi connectivity index (χ0v) is 16.2. The van der Waals surface area contributed by atoms with Crippen molar-refractivity contribution in [3.8, 4) is 0 Å². The van der Waals surface area contributed by atoms with Crippen LogP contribution in [0, 0.1) is 11.3 Å². The Morgan fingerprint density at radius 2 is 1.88 bits per heavy atom. The van der Waals surface area contributed by atoms with Gasteiger partial charge in [-0.15, -0.1) is 0 Å². The Labute approximate surface area is 153 Å². The Morgan fingerprint density at radius 1 is 1.24 bits per heavy atom. The van der Waals surface area contributed by atoms with Crippen LogP contribution in [0.3, 0.4) is 0 Å². The first-order valence-electron chi connectivity index (χ1n) is 9.81. The minimum atomic E-state index is -0.428. The van der Waals surface area contributed by atoms with Gasteiger partial charge in [0.2, 0.25) is 5.91 Å². The lowest BCUT2D eigenvalue weighted by molar-refractivity contribution is -0.131. The topological polar surface area (TPSA) is 58.4 Å². The van der Waals surface area contributed by atoms with Crippen LogP contribution in [0.4, 0.5) is 0 Å². The van der Waals surface area contributed by atoms with Gasteiger partial charge in [0.15, 0.2) is 0 Å². The smallest absolute Gasteiger partial charge is 0.227 e. The number of benzene rings is 1. The molecule has 2 rings (SSSR count). The van der Waals surface area contributed by atoms with E-state index in [1.54, 1.807) is 0 Å². The van der Waals surface area contributed by atoms with Crippen LogP contribution < -0.4 is 11.1 Å². The van der Waals surface area contributed by atoms with Crippen molar-refractivity contribution in [1.29, 1.82) is 0 Å². The number of piperidine rings is 1. The van der Waals surface area contributed by atoms with Crippen LogP contribution in [0.1, 0.15) is 57.6 Å². The lowest BCUT2D eigenvalue weighted by atomic mass is 9.81. The molecule has 0 aliphatic carbocycles. The zero-order valence-electron chi connectivity index (χ0n) is 16.2. The molecule has 1 amide bonds. The summed E-state index contributed by atoms with van der Waals surface area (Å²) in [6.07, 6.45) is 4.15. The third-order valence-electron chi connectivity index (χ3n) is 5.95. The number of carbonyl (C=O) groups is 1. The van der Waals surface area contributed by atoms with Crippen LogP contribution in [0.15, 0.2) is 24.3 Å². The standard InChI is InChI=1S/C21H35N3O/c1-4-21(5-2,16-22)20(25)23-14-18-7-6-8-19(13-18)15-24-11-9-17(3)10-12-24/h6-8,13,17H,4-5,9-12,14-16,22H2,1-3H3,(H,23,25). The summed E-state index contributed by atoms with van der Waals surface area (Å²) in [5, 5.41) is 3.10. The van der Waals surface area contributed by atoms with Crippen molar-refractivity contribution in [3.63, 3.8) is 0 Å². The molecule has 1 aromatic carbocycles. The fourth-order valence-corrected chi connectivity index (χ4v) is 3.64. The Balaban J connectivity index is 1.92. The van der Waals surface area contributed by atoms with Crippen molar-refractivity contribution in [2.24, 2.45) is 17.1 Å². The van der Waals surface area contributed by atoms with E-state index in [0.29, 0.717) is 13.1 Å². The summed E-state index contributed by atoms with van der Waals surface area (Å²) in [5.74, 6) is 0.938. The molecule has 1 heterocycles. The Kier molecular flexibility index (Phi) is 7.45. The maximum Gasteiger partial charge on any atom is 0.227 e. The quantitative estimate of drug-likeness (QED) is 0.760. The second-order valence-electron chi connectivity index (χ2n) is 7.65. The molecule has 1 aliphatic rings. The predicted octanol–water partition coefficient (Wildman–Crippen LogP) is 3.30. The fourth-order valence-electron chi connectivity index (χ4n) is 3.64. The molecule has 4 nitrogen and oxygen atoms in total. The first kappa shape index (κ1) is 19.9. The van der Waals surface area contributed by atoms with Crippen molar-refractivity contribution in [3.05, 3.63) is 35.4 Å². The molecule has 0 radical (unpaired) electrons. The number of rotatable bonds is 8. The number of nitrogens with two attached hydrogens (primary N) is 1. The molecule has 25 heavy (non-hydrogen) atoms. The lowest BCUT2D eigenvalue weighted by Gasteiger charge is -2.30. The number of carbonyl (C=O) groups excluding carboxylic acids is 1. The van der Waals surface area contributed by atoms with Crippen molar-refractivity contribution < 1.29 is 4.79 Å². The largest absolute Gasteiger partial charge is 0.352 e. The average Bonchev–Trinajstić information content (AvgIpc) is 2.64. The summed E-state index contributed by atoms with van der Waals surface area (Å²) >= 11 is 0. The van der Waals surface area contributed by atoms with Crippen LogP contribution >= 0.6 is 0 Å². The van der Waals surface area contributed by atoms with Gasteiger partial charge in [0.05, 0.1) is 5.41 Å². The van der Waals surface area contributed by atoms with E-state index in [4.69, 9.17) is 5.73 Å². The number of nitrogens with one attached hydrogen (secondary N) is 1. The van der Waals surface area contributed by atoms with E-state index in [0.717, 1.165) is 30.9 Å². The molecule has 3 N–H and O–H groups in total. The van der Waals surface area contributed by atoms with Gasteiger partial charge in [0.25, 0.3) is 0 Å².